The molecule has 0 spiro atoms. The Labute approximate surface area is 109 Å². The molecule has 0 aromatic rings. The van der Waals surface area contributed by atoms with Crippen LogP contribution < -0.4 is 0 Å². The zero-order valence-electron chi connectivity index (χ0n) is 13.0. The minimum Gasteiger partial charge on any atom is -0.373 e. The van der Waals surface area contributed by atoms with Gasteiger partial charge in [-0.3, -0.25) is 0 Å². The summed E-state index contributed by atoms with van der Waals surface area (Å²) in [6.07, 6.45) is 9.88. The Morgan fingerprint density at radius 2 is 1.59 bits per heavy atom. The van der Waals surface area contributed by atoms with Gasteiger partial charge >= 0.3 is 0 Å². The fraction of sp³-hybridized carbons (Fsp3) is 0.875. The molecule has 1 heteroatoms. The van der Waals surface area contributed by atoms with Crippen LogP contribution >= 0.6 is 0 Å². The summed E-state index contributed by atoms with van der Waals surface area (Å²) in [5, 5.41) is 0. The Hall–Kier alpha value is -0.300. The van der Waals surface area contributed by atoms with Crippen molar-refractivity contribution in [3.05, 3.63) is 12.2 Å². The van der Waals surface area contributed by atoms with E-state index < -0.39 is 0 Å². The molecular weight excluding hydrogens is 208 g/mol. The molecule has 0 amide bonds. The molecule has 0 radical (unpaired) electrons. The predicted octanol–water partition coefficient (Wildman–Crippen LogP) is 5.35. The molecule has 1 nitrogen and oxygen atoms in total. The highest BCUT2D eigenvalue weighted by Gasteiger charge is 2.14. The van der Waals surface area contributed by atoms with Crippen LogP contribution in [0.3, 0.4) is 0 Å². The second-order valence-corrected chi connectivity index (χ2v) is 7.09. The van der Waals surface area contributed by atoms with Crippen molar-refractivity contribution in [3.8, 4) is 0 Å². The number of rotatable bonds is 6. The third-order valence-electron chi connectivity index (χ3n) is 2.40. The molecule has 0 heterocycles. The first-order valence-electron chi connectivity index (χ1n) is 6.96. The Bertz CT molecular complexity index is 215. The van der Waals surface area contributed by atoms with E-state index >= 15 is 0 Å². The molecule has 0 aliphatic heterocycles. The van der Waals surface area contributed by atoms with Crippen LogP contribution in [0.2, 0.25) is 0 Å². The van der Waals surface area contributed by atoms with Crippen molar-refractivity contribution >= 4 is 0 Å². The molecule has 0 bridgehead atoms. The number of ether oxygens (including phenoxy) is 1. The average Bonchev–Trinajstić information content (AvgIpc) is 2.06. The maximum absolute atomic E-state index is 5.88. The number of allylic oxidation sites excluding steroid dienone is 2. The van der Waals surface area contributed by atoms with Crippen LogP contribution in [0.4, 0.5) is 0 Å². The summed E-state index contributed by atoms with van der Waals surface area (Å²) in [4.78, 5) is 0. The minimum atomic E-state index is -0.00838. The fourth-order valence-electron chi connectivity index (χ4n) is 1.79. The van der Waals surface area contributed by atoms with E-state index in [-0.39, 0.29) is 5.60 Å². The van der Waals surface area contributed by atoms with E-state index in [1.54, 1.807) is 0 Å². The van der Waals surface area contributed by atoms with Crippen molar-refractivity contribution in [2.24, 2.45) is 5.41 Å². The van der Waals surface area contributed by atoms with E-state index in [0.29, 0.717) is 11.5 Å². The molecule has 0 N–H and O–H groups in total. The highest BCUT2D eigenvalue weighted by Crippen LogP contribution is 2.17. The lowest BCUT2D eigenvalue weighted by molar-refractivity contribution is -0.0548. The topological polar surface area (TPSA) is 9.23 Å². The molecule has 0 aliphatic carbocycles. The number of hydrogen-bond acceptors (Lipinski definition) is 1. The van der Waals surface area contributed by atoms with Gasteiger partial charge in [0.15, 0.2) is 0 Å². The minimum absolute atomic E-state index is 0.00838. The Kier molecular flexibility index (Phi) is 7.08. The molecule has 0 aliphatic rings. The van der Waals surface area contributed by atoms with Gasteiger partial charge in [0.25, 0.3) is 0 Å². The summed E-state index contributed by atoms with van der Waals surface area (Å²) in [5.41, 5.74) is 0.314. The van der Waals surface area contributed by atoms with Gasteiger partial charge in [-0.25, -0.2) is 0 Å². The monoisotopic (exact) mass is 240 g/mol. The molecule has 0 saturated heterocycles. The molecule has 17 heavy (non-hydrogen) atoms. The third kappa shape index (κ3) is 13.6. The average molecular weight is 240 g/mol. The van der Waals surface area contributed by atoms with E-state index in [1.165, 1.54) is 25.7 Å². The molecule has 0 aromatic heterocycles. The summed E-state index contributed by atoms with van der Waals surface area (Å²) in [6, 6.07) is 0. The van der Waals surface area contributed by atoms with Crippen molar-refractivity contribution in [2.75, 3.05) is 0 Å². The first-order valence-corrected chi connectivity index (χ1v) is 6.96. The maximum atomic E-state index is 5.88. The zero-order chi connectivity index (χ0) is 13.5. The van der Waals surface area contributed by atoms with Gasteiger partial charge in [0.1, 0.15) is 0 Å². The molecule has 0 aromatic carbocycles. The molecular formula is C16H32O. The summed E-state index contributed by atoms with van der Waals surface area (Å²) in [7, 11) is 0. The predicted molar refractivity (Wildman–Crippen MR) is 77.4 cm³/mol. The van der Waals surface area contributed by atoms with Gasteiger partial charge < -0.3 is 4.74 Å². The lowest BCUT2D eigenvalue weighted by atomic mass is 9.95. The Morgan fingerprint density at radius 3 is 2.06 bits per heavy atom. The van der Waals surface area contributed by atoms with Crippen LogP contribution in [-0.2, 0) is 4.74 Å². The summed E-state index contributed by atoms with van der Waals surface area (Å²) in [6.45, 7) is 15.3. The molecule has 1 atom stereocenters. The van der Waals surface area contributed by atoms with E-state index in [1.807, 2.05) is 0 Å². The molecule has 0 fully saturated rings. The van der Waals surface area contributed by atoms with Crippen molar-refractivity contribution in [3.63, 3.8) is 0 Å². The van der Waals surface area contributed by atoms with Crippen LogP contribution in [0.15, 0.2) is 12.2 Å². The number of hydrogen-bond donors (Lipinski definition) is 0. The lowest BCUT2D eigenvalue weighted by Gasteiger charge is -2.25. The first kappa shape index (κ1) is 16.7. The Balaban J connectivity index is 3.56. The zero-order valence-corrected chi connectivity index (χ0v) is 13.0. The third-order valence-corrected chi connectivity index (χ3v) is 2.40. The van der Waals surface area contributed by atoms with Crippen molar-refractivity contribution in [1.82, 2.24) is 0 Å². The van der Waals surface area contributed by atoms with Gasteiger partial charge in [-0.05, 0) is 52.4 Å². The first-order chi connectivity index (χ1) is 7.60. The van der Waals surface area contributed by atoms with Crippen LogP contribution in [-0.4, -0.2) is 11.7 Å². The molecule has 1 unspecified atom stereocenters. The lowest BCUT2D eigenvalue weighted by Crippen LogP contribution is -2.25. The second kappa shape index (κ2) is 7.20. The van der Waals surface area contributed by atoms with Crippen LogP contribution in [0, 0.1) is 5.41 Å². The van der Waals surface area contributed by atoms with E-state index in [9.17, 15) is 0 Å². The smallest absolute Gasteiger partial charge is 0.0602 e. The standard InChI is InChI=1S/C16H32O/c1-14(17-16(5,6)7)12-10-8-9-11-13-15(2,3)4/h11,13-14H,8-10,12H2,1-7H3/b13-11+. The van der Waals surface area contributed by atoms with Crippen LogP contribution in [0.1, 0.15) is 74.1 Å². The van der Waals surface area contributed by atoms with E-state index in [0.717, 1.165) is 0 Å². The van der Waals surface area contributed by atoms with Gasteiger partial charge in [0.2, 0.25) is 0 Å². The van der Waals surface area contributed by atoms with E-state index in [4.69, 9.17) is 4.74 Å². The normalized spacial score (nSPS) is 15.5. The maximum Gasteiger partial charge on any atom is 0.0602 e. The summed E-state index contributed by atoms with van der Waals surface area (Å²) >= 11 is 0. The molecule has 0 rings (SSSR count). The SMILES string of the molecule is CC(CCCC/C=C/C(C)(C)C)OC(C)(C)C. The quantitative estimate of drug-likeness (QED) is 0.449. The van der Waals surface area contributed by atoms with Crippen molar-refractivity contribution < 1.29 is 4.74 Å². The molecule has 0 saturated carbocycles. The van der Waals surface area contributed by atoms with Gasteiger partial charge in [-0.2, -0.15) is 0 Å². The van der Waals surface area contributed by atoms with Crippen LogP contribution in [0.5, 0.6) is 0 Å². The van der Waals surface area contributed by atoms with Gasteiger partial charge in [0.05, 0.1) is 11.7 Å². The van der Waals surface area contributed by atoms with E-state index in [2.05, 4.69) is 60.6 Å². The number of unbranched alkanes of at least 4 members (excludes halogenated alkanes) is 2. The van der Waals surface area contributed by atoms with Gasteiger partial charge in [-0.15, -0.1) is 0 Å². The fourth-order valence-corrected chi connectivity index (χ4v) is 1.79. The highest BCUT2D eigenvalue weighted by atomic mass is 16.5. The second-order valence-electron chi connectivity index (χ2n) is 7.09. The van der Waals surface area contributed by atoms with Crippen molar-refractivity contribution in [2.45, 2.75) is 85.9 Å². The Morgan fingerprint density at radius 1 is 1.00 bits per heavy atom. The largest absolute Gasteiger partial charge is 0.373 e. The summed E-state index contributed by atoms with van der Waals surface area (Å²) in [5.74, 6) is 0. The highest BCUT2D eigenvalue weighted by molar-refractivity contribution is 4.91. The van der Waals surface area contributed by atoms with Crippen LogP contribution in [0.25, 0.3) is 0 Å². The van der Waals surface area contributed by atoms with Gasteiger partial charge in [-0.1, -0.05) is 39.3 Å². The molecule has 102 valence electrons. The van der Waals surface area contributed by atoms with Crippen molar-refractivity contribution in [1.29, 1.82) is 0 Å². The summed E-state index contributed by atoms with van der Waals surface area (Å²) < 4.78 is 5.88. The van der Waals surface area contributed by atoms with Gasteiger partial charge in [0, 0.05) is 0 Å².